The van der Waals surface area contributed by atoms with Crippen LogP contribution in [0.2, 0.25) is 69.5 Å². The smallest absolute Gasteiger partial charge is 0.258 e. The lowest BCUT2D eigenvalue weighted by Crippen LogP contribution is -2.41. The first kappa shape index (κ1) is 46.4. The highest BCUT2D eigenvalue weighted by Crippen LogP contribution is 2.37. The van der Waals surface area contributed by atoms with Crippen molar-refractivity contribution in [3.05, 3.63) is 51.5 Å². The van der Waals surface area contributed by atoms with Gasteiger partial charge in [0.1, 0.15) is 18.2 Å². The number of nitrogens with zero attached hydrogens (tertiary/aromatic N) is 1. The molecule has 52 heavy (non-hydrogen) atoms. The Morgan fingerprint density at radius 3 is 1.94 bits per heavy atom. The largest absolute Gasteiger partial charge is 0.484 e. The van der Waals surface area contributed by atoms with Gasteiger partial charge in [-0.1, -0.05) is 82.0 Å². The zero-order chi connectivity index (χ0) is 39.3. The summed E-state index contributed by atoms with van der Waals surface area (Å²) in [5, 5.41) is 3.02. The van der Waals surface area contributed by atoms with Crippen LogP contribution in [0.4, 0.5) is 5.69 Å². The number of sulfonamides is 1. The molecule has 1 atom stereocenters. The number of carbonyl (C=O) groups is 1. The second kappa shape index (κ2) is 20.8. The van der Waals surface area contributed by atoms with Gasteiger partial charge in [0.15, 0.2) is 21.7 Å². The van der Waals surface area contributed by atoms with Gasteiger partial charge >= 0.3 is 0 Å². The number of halogens is 1. The van der Waals surface area contributed by atoms with E-state index in [1.807, 2.05) is 32.0 Å². The maximum Gasteiger partial charge on any atom is 0.258 e. The molecule has 0 spiro atoms. The summed E-state index contributed by atoms with van der Waals surface area (Å²) in [6.45, 7) is 24.9. The maximum atomic E-state index is 13.3. The first-order valence-corrected chi connectivity index (χ1v) is 31.0. The normalized spacial score (nSPS) is 13.2. The number of rotatable bonds is 24. The van der Waals surface area contributed by atoms with Crippen molar-refractivity contribution < 1.29 is 36.6 Å². The van der Waals surface area contributed by atoms with Crippen LogP contribution in [-0.2, 0) is 28.7 Å². The number of anilines is 1. The molecule has 0 fully saturated rings. The van der Waals surface area contributed by atoms with Gasteiger partial charge < -0.3 is 28.7 Å². The number of benzene rings is 2. The van der Waals surface area contributed by atoms with E-state index < -0.39 is 40.6 Å². The molecule has 15 heteroatoms. The number of carbonyl (C=O) groups excluding carboxylic acids is 1. The van der Waals surface area contributed by atoms with E-state index in [4.69, 9.17) is 23.4 Å². The van der Waals surface area contributed by atoms with Gasteiger partial charge in [-0.25, -0.2) is 12.7 Å². The fraction of sp³-hybridized carbons (Fsp3) is 0.649. The van der Waals surface area contributed by atoms with Crippen molar-refractivity contribution in [1.82, 2.24) is 5.32 Å². The Labute approximate surface area is 326 Å². The highest BCUT2D eigenvalue weighted by atomic mass is 79.9. The van der Waals surface area contributed by atoms with Crippen molar-refractivity contribution in [3.63, 3.8) is 0 Å². The molecular formula is C37H65BrN2O8SSi3. The van der Waals surface area contributed by atoms with Gasteiger partial charge in [-0.05, 0) is 85.0 Å². The van der Waals surface area contributed by atoms with E-state index in [2.05, 4.69) is 81.3 Å². The first-order valence-electron chi connectivity index (χ1n) is 18.4. The molecule has 0 aliphatic heterocycles. The molecule has 296 valence electrons. The molecule has 1 N–H and O–H groups in total. The zero-order valence-corrected chi connectivity index (χ0v) is 39.1. The Morgan fingerprint density at radius 2 is 1.42 bits per heavy atom. The molecule has 0 aliphatic carbocycles. The van der Waals surface area contributed by atoms with Crippen LogP contribution in [0.25, 0.3) is 0 Å². The predicted octanol–water partition coefficient (Wildman–Crippen LogP) is 9.09. The molecule has 2 aromatic carbocycles. The third-order valence-electron chi connectivity index (χ3n) is 9.11. The van der Waals surface area contributed by atoms with Gasteiger partial charge in [0.25, 0.3) is 5.91 Å². The van der Waals surface area contributed by atoms with Crippen molar-refractivity contribution in [1.29, 1.82) is 0 Å². The Morgan fingerprint density at radius 1 is 0.865 bits per heavy atom. The molecule has 0 radical (unpaired) electrons. The summed E-state index contributed by atoms with van der Waals surface area (Å²) in [6, 6.07) is 13.8. The van der Waals surface area contributed by atoms with E-state index in [9.17, 15) is 13.2 Å². The first-order chi connectivity index (χ1) is 24.1. The van der Waals surface area contributed by atoms with Gasteiger partial charge in [-0.15, -0.1) is 0 Å². The van der Waals surface area contributed by atoms with E-state index in [0.29, 0.717) is 30.4 Å². The van der Waals surface area contributed by atoms with Crippen molar-refractivity contribution >= 4 is 62.0 Å². The summed E-state index contributed by atoms with van der Waals surface area (Å²) in [5.41, 5.74) is 3.11. The van der Waals surface area contributed by atoms with Gasteiger partial charge in [-0.2, -0.15) is 0 Å². The minimum atomic E-state index is -3.79. The van der Waals surface area contributed by atoms with Gasteiger partial charge in [-0.3, -0.25) is 4.79 Å². The molecule has 1 unspecified atom stereocenters. The molecule has 0 heterocycles. The van der Waals surface area contributed by atoms with Gasteiger partial charge in [0.05, 0.1) is 18.0 Å². The number of nitrogens with one attached hydrogen (secondary N) is 1. The maximum absolute atomic E-state index is 13.3. The fourth-order valence-corrected chi connectivity index (χ4v) is 10.7. The minimum Gasteiger partial charge on any atom is -0.484 e. The number of ether oxygens (including phenoxy) is 4. The molecule has 2 aromatic rings. The van der Waals surface area contributed by atoms with Crippen molar-refractivity contribution in [3.8, 4) is 11.5 Å². The van der Waals surface area contributed by atoms with Gasteiger partial charge in [0.2, 0.25) is 10.0 Å². The molecule has 2 rings (SSSR count). The lowest BCUT2D eigenvalue weighted by molar-refractivity contribution is -0.123. The van der Waals surface area contributed by atoms with Crippen LogP contribution in [-0.4, -0.2) is 84.9 Å². The topological polar surface area (TPSA) is 113 Å². The summed E-state index contributed by atoms with van der Waals surface area (Å²) in [5.74, 6) is 0.693. The highest BCUT2D eigenvalue weighted by molar-refractivity contribution is 9.10. The fourth-order valence-electron chi connectivity index (χ4n) is 5.39. The monoisotopic (exact) mass is 860 g/mol. The molecule has 0 aromatic heterocycles. The standard InChI is InChI=1S/C37H65BrN2O8SSi3/c1-13-52(14-2,15-3)48-35(25-39-36(41)26-46-32-22-29(4)37(38)30(5)23-32)31-16-17-34(47-28-45-19-21-51(10,11)12)33(24-31)40(49(6,42)43)27-44-18-20-50(7,8)9/h16-17,22-24,35H,13-15,18-21,25-28H2,1-12H3,(H,39,41). The van der Waals surface area contributed by atoms with E-state index in [-0.39, 0.29) is 32.6 Å². The summed E-state index contributed by atoms with van der Waals surface area (Å²) < 4.78 is 59.7. The third kappa shape index (κ3) is 15.9. The molecular weight excluding hydrogens is 797 g/mol. The van der Waals surface area contributed by atoms with Gasteiger partial charge in [0, 0.05) is 40.4 Å². The van der Waals surface area contributed by atoms with Crippen molar-refractivity contribution in [2.45, 2.75) is 110 Å². The Balaban J connectivity index is 2.47. The molecule has 0 bridgehead atoms. The predicted molar refractivity (Wildman–Crippen MR) is 225 cm³/mol. The molecule has 0 saturated heterocycles. The van der Waals surface area contributed by atoms with Crippen LogP contribution < -0.4 is 19.1 Å². The zero-order valence-electron chi connectivity index (χ0n) is 33.7. The molecule has 1 amide bonds. The Bertz CT molecular complexity index is 1520. The third-order valence-corrected chi connectivity index (χ3v) is 19.5. The molecule has 0 aliphatic rings. The summed E-state index contributed by atoms with van der Waals surface area (Å²) in [6.07, 6.45) is 0.629. The van der Waals surface area contributed by atoms with Crippen LogP contribution >= 0.6 is 15.9 Å². The van der Waals surface area contributed by atoms with E-state index in [1.165, 1.54) is 10.6 Å². The highest BCUT2D eigenvalue weighted by Gasteiger charge is 2.34. The molecule has 0 saturated carbocycles. The lowest BCUT2D eigenvalue weighted by Gasteiger charge is -2.34. The Kier molecular flexibility index (Phi) is 18.6. The van der Waals surface area contributed by atoms with Crippen LogP contribution in [0.3, 0.4) is 0 Å². The Hall–Kier alpha value is -1.73. The quantitative estimate of drug-likeness (QED) is 0.0633. The average molecular weight is 862 g/mol. The van der Waals surface area contributed by atoms with Crippen LogP contribution in [0.15, 0.2) is 34.8 Å². The lowest BCUT2D eigenvalue weighted by atomic mass is 10.1. The van der Waals surface area contributed by atoms with Crippen LogP contribution in [0, 0.1) is 13.8 Å². The second-order valence-electron chi connectivity index (χ2n) is 16.0. The van der Waals surface area contributed by atoms with E-state index >= 15 is 0 Å². The number of aryl methyl sites for hydroxylation is 2. The number of amides is 1. The summed E-state index contributed by atoms with van der Waals surface area (Å²) in [4.78, 5) is 13.2. The molecule has 10 nitrogen and oxygen atoms in total. The van der Waals surface area contributed by atoms with E-state index in [0.717, 1.165) is 51.4 Å². The van der Waals surface area contributed by atoms with Crippen LogP contribution in [0.5, 0.6) is 11.5 Å². The van der Waals surface area contributed by atoms with Crippen molar-refractivity contribution in [2.75, 3.05) is 50.5 Å². The van der Waals surface area contributed by atoms with Crippen molar-refractivity contribution in [2.24, 2.45) is 0 Å². The average Bonchev–Trinajstić information content (AvgIpc) is 3.05. The SMILES string of the molecule is CC[Si](CC)(CC)OC(CNC(=O)COc1cc(C)c(Br)c(C)c1)c1ccc(OCOCC[Si](C)(C)C)c(N(COCC[Si](C)(C)C)S(C)(=O)=O)c1. The second-order valence-corrected chi connectivity index (χ2v) is 34.6. The number of hydrogen-bond donors (Lipinski definition) is 1. The van der Waals surface area contributed by atoms with E-state index in [1.54, 1.807) is 12.1 Å². The minimum absolute atomic E-state index is 0.0180. The summed E-state index contributed by atoms with van der Waals surface area (Å²) >= 11 is 3.57. The number of hydrogen-bond acceptors (Lipinski definition) is 8. The van der Waals surface area contributed by atoms with Crippen LogP contribution in [0.1, 0.15) is 43.6 Å². The summed E-state index contributed by atoms with van der Waals surface area (Å²) in [7, 11) is -8.69.